The molecule has 10 N–H and O–H groups in total. The molecule has 0 amide bonds. The fourth-order valence-corrected chi connectivity index (χ4v) is 5.27. The molecule has 5 rings (SSSR count). The minimum Gasteiger partial charge on any atom is -0.387 e. The first kappa shape index (κ1) is 31.2. The zero-order chi connectivity index (χ0) is 30.9. The fourth-order valence-electron chi connectivity index (χ4n) is 5.27. The lowest BCUT2D eigenvalue weighted by Gasteiger charge is -2.18. The van der Waals surface area contributed by atoms with Crippen LogP contribution < -0.4 is 38.1 Å². The number of nitrogens with two attached hydrogens (primary N) is 3. The summed E-state index contributed by atoms with van der Waals surface area (Å²) >= 11 is 0. The van der Waals surface area contributed by atoms with Gasteiger partial charge in [0.05, 0.1) is 35.6 Å². The van der Waals surface area contributed by atoms with Gasteiger partial charge in [-0.15, -0.1) is 0 Å². The molecule has 2 aromatic heterocycles. The van der Waals surface area contributed by atoms with Gasteiger partial charge < -0.3 is 20.5 Å². The normalized spacial score (nSPS) is 21.4. The highest BCUT2D eigenvalue weighted by atomic mass is 16.5. The van der Waals surface area contributed by atoms with Crippen molar-refractivity contribution in [3.63, 3.8) is 0 Å². The molecule has 1 fully saturated rings. The SMILES string of the molecule is CCOC(C)C1=CN[NH2+]C(Nc2ccc3ncc(C(C=NC)=CNC4CC4CCCOC(C)C4=CN[NH2+]C(N)=C4)cc3n2)=C1. The van der Waals surface area contributed by atoms with Crippen LogP contribution in [0.2, 0.25) is 0 Å². The van der Waals surface area contributed by atoms with E-state index in [0.717, 1.165) is 70.8 Å². The van der Waals surface area contributed by atoms with Gasteiger partial charge in [0.1, 0.15) is 5.82 Å². The zero-order valence-electron chi connectivity index (χ0n) is 26.0. The van der Waals surface area contributed by atoms with Gasteiger partial charge in [0.25, 0.3) is 0 Å². The van der Waals surface area contributed by atoms with Crippen molar-refractivity contribution in [2.45, 2.75) is 58.3 Å². The van der Waals surface area contributed by atoms with Crippen molar-refractivity contribution in [1.82, 2.24) is 26.1 Å². The third kappa shape index (κ3) is 8.44. The van der Waals surface area contributed by atoms with Gasteiger partial charge in [0, 0.05) is 79.3 Å². The third-order valence-corrected chi connectivity index (χ3v) is 7.87. The maximum atomic E-state index is 6.04. The molecule has 2 aromatic rings. The molecule has 4 heterocycles. The number of fused-ring (bicyclic) bond motifs is 1. The van der Waals surface area contributed by atoms with Crippen molar-refractivity contribution in [2.75, 3.05) is 25.6 Å². The van der Waals surface area contributed by atoms with Crippen LogP contribution >= 0.6 is 0 Å². The van der Waals surface area contributed by atoms with Gasteiger partial charge in [-0.3, -0.25) is 15.3 Å². The number of aliphatic imine (C=N–C) groups is 1. The Morgan fingerprint density at radius 2 is 1.93 bits per heavy atom. The summed E-state index contributed by atoms with van der Waals surface area (Å²) in [5, 5.41) is 7.00. The monoisotopic (exact) mass is 602 g/mol. The van der Waals surface area contributed by atoms with Crippen LogP contribution in [-0.2, 0) is 9.47 Å². The Labute approximate surface area is 259 Å². The number of hydrogen-bond donors (Lipinski definition) is 7. The molecule has 0 radical (unpaired) electrons. The number of aromatic nitrogens is 2. The summed E-state index contributed by atoms with van der Waals surface area (Å²) in [6, 6.07) is 6.43. The molecule has 0 bridgehead atoms. The van der Waals surface area contributed by atoms with Gasteiger partial charge in [0.15, 0.2) is 0 Å². The quantitative estimate of drug-likeness (QED) is 0.0903. The van der Waals surface area contributed by atoms with Crippen molar-refractivity contribution in [3.05, 3.63) is 83.5 Å². The Morgan fingerprint density at radius 3 is 2.73 bits per heavy atom. The van der Waals surface area contributed by atoms with Crippen LogP contribution in [0.1, 0.15) is 45.6 Å². The van der Waals surface area contributed by atoms with Crippen molar-refractivity contribution >= 4 is 28.6 Å². The van der Waals surface area contributed by atoms with Crippen LogP contribution in [0.3, 0.4) is 0 Å². The van der Waals surface area contributed by atoms with Gasteiger partial charge in [-0.25, -0.2) is 21.3 Å². The standard InChI is InChI=1S/C32H44N10O2/c1-5-43-20(2)24-14-32(42-38-19-24)40-31-9-8-27-29(39-31)12-25(16-35-27)26(15-34-4)17-36-28-11-22(28)7-6-10-44-21(3)23-13-30(33)41-37-18-23/h8-9,12-22,28,36-38,41-42H,5-7,10-11,33H2,1-4H3,(H,39,40)/p+2. The fraction of sp³-hybridized carbons (Fsp3) is 0.406. The second-order valence-corrected chi connectivity index (χ2v) is 11.2. The highest BCUT2D eigenvalue weighted by molar-refractivity contribution is 6.10. The summed E-state index contributed by atoms with van der Waals surface area (Å²) in [4.78, 5) is 13.8. The molecular formula is C32H46N10O2+2. The van der Waals surface area contributed by atoms with E-state index in [1.807, 2.05) is 62.3 Å². The molecule has 1 aliphatic carbocycles. The van der Waals surface area contributed by atoms with E-state index in [0.29, 0.717) is 24.4 Å². The van der Waals surface area contributed by atoms with Crippen LogP contribution in [0.25, 0.3) is 16.6 Å². The molecule has 12 heteroatoms. The Morgan fingerprint density at radius 1 is 1.14 bits per heavy atom. The summed E-state index contributed by atoms with van der Waals surface area (Å²) in [5.74, 6) is 3.01. The third-order valence-electron chi connectivity index (χ3n) is 7.87. The topological polar surface area (TPSA) is 164 Å². The largest absolute Gasteiger partial charge is 0.387 e. The molecule has 4 unspecified atom stereocenters. The summed E-state index contributed by atoms with van der Waals surface area (Å²) in [5.41, 5.74) is 21.5. The minimum atomic E-state index is 0.00158. The van der Waals surface area contributed by atoms with E-state index in [1.165, 1.54) is 0 Å². The number of nitrogens with one attached hydrogen (secondary N) is 4. The number of nitrogens with zero attached hydrogens (tertiary/aromatic N) is 3. The number of rotatable bonds is 15. The molecule has 3 aliphatic rings. The van der Waals surface area contributed by atoms with E-state index in [2.05, 4.69) is 56.7 Å². The highest BCUT2D eigenvalue weighted by Gasteiger charge is 2.35. The van der Waals surface area contributed by atoms with Crippen LogP contribution in [-0.4, -0.2) is 54.7 Å². The van der Waals surface area contributed by atoms with Crippen molar-refractivity contribution in [2.24, 2.45) is 16.6 Å². The first-order chi connectivity index (χ1) is 21.4. The molecule has 234 valence electrons. The lowest BCUT2D eigenvalue weighted by atomic mass is 10.1. The molecule has 2 aliphatic heterocycles. The first-order valence-corrected chi connectivity index (χ1v) is 15.4. The van der Waals surface area contributed by atoms with Gasteiger partial charge in [0.2, 0.25) is 11.6 Å². The molecule has 0 aromatic carbocycles. The van der Waals surface area contributed by atoms with E-state index in [1.54, 1.807) is 12.5 Å². The summed E-state index contributed by atoms with van der Waals surface area (Å²) in [7, 11) is 1.78. The Balaban J connectivity index is 1.15. The van der Waals surface area contributed by atoms with Crippen LogP contribution in [0.15, 0.2) is 82.9 Å². The van der Waals surface area contributed by atoms with E-state index in [9.17, 15) is 0 Å². The van der Waals surface area contributed by atoms with E-state index < -0.39 is 0 Å². The second-order valence-electron chi connectivity index (χ2n) is 11.2. The lowest BCUT2D eigenvalue weighted by molar-refractivity contribution is -0.659. The molecule has 0 spiro atoms. The molecule has 4 atom stereocenters. The van der Waals surface area contributed by atoms with E-state index in [4.69, 9.17) is 20.2 Å². The van der Waals surface area contributed by atoms with Crippen molar-refractivity contribution in [1.29, 1.82) is 0 Å². The number of ether oxygens (including phenoxy) is 2. The predicted molar refractivity (Wildman–Crippen MR) is 173 cm³/mol. The molecule has 0 saturated heterocycles. The van der Waals surface area contributed by atoms with Crippen LogP contribution in [0, 0.1) is 5.92 Å². The summed E-state index contributed by atoms with van der Waals surface area (Å²) in [6.07, 6.45) is 17.0. The van der Waals surface area contributed by atoms with E-state index >= 15 is 0 Å². The molecule has 44 heavy (non-hydrogen) atoms. The number of allylic oxidation sites excluding steroid dienone is 1. The Hall–Kier alpha value is -4.23. The smallest absolute Gasteiger partial charge is 0.228 e. The predicted octanol–water partition coefficient (Wildman–Crippen LogP) is 1.24. The lowest BCUT2D eigenvalue weighted by Crippen LogP contribution is -2.92. The van der Waals surface area contributed by atoms with Crippen molar-refractivity contribution in [3.8, 4) is 0 Å². The number of quaternary nitrogens is 2. The van der Waals surface area contributed by atoms with Crippen LogP contribution in [0.4, 0.5) is 5.82 Å². The Kier molecular flexibility index (Phi) is 10.6. The highest BCUT2D eigenvalue weighted by Crippen LogP contribution is 2.35. The second kappa shape index (κ2) is 15.0. The first-order valence-electron chi connectivity index (χ1n) is 15.4. The maximum absolute atomic E-state index is 6.04. The van der Waals surface area contributed by atoms with Gasteiger partial charge >= 0.3 is 0 Å². The molecule has 12 nitrogen and oxygen atoms in total. The summed E-state index contributed by atoms with van der Waals surface area (Å²) in [6.45, 7) is 7.49. The summed E-state index contributed by atoms with van der Waals surface area (Å²) < 4.78 is 11.8. The molecular weight excluding hydrogens is 556 g/mol. The zero-order valence-corrected chi connectivity index (χ0v) is 26.0. The van der Waals surface area contributed by atoms with Gasteiger partial charge in [-0.1, -0.05) is 0 Å². The average molecular weight is 603 g/mol. The minimum absolute atomic E-state index is 0.00158. The Bertz CT molecular complexity index is 1500. The van der Waals surface area contributed by atoms with E-state index in [-0.39, 0.29) is 12.2 Å². The number of hydrogen-bond acceptors (Lipinski definition) is 10. The van der Waals surface area contributed by atoms with Crippen LogP contribution in [0.5, 0.6) is 0 Å². The average Bonchev–Trinajstić information content (AvgIpc) is 3.79. The van der Waals surface area contributed by atoms with Gasteiger partial charge in [-0.05, 0) is 64.2 Å². The molecule has 1 saturated carbocycles. The maximum Gasteiger partial charge on any atom is 0.228 e. The number of anilines is 1. The number of pyridine rings is 2. The van der Waals surface area contributed by atoms with Gasteiger partial charge in [-0.2, -0.15) is 5.43 Å². The van der Waals surface area contributed by atoms with Crippen molar-refractivity contribution < 1.29 is 20.3 Å².